The van der Waals surface area contributed by atoms with Gasteiger partial charge in [-0.25, -0.2) is 19.2 Å². The number of ether oxygens (including phenoxy) is 6. The van der Waals surface area contributed by atoms with Crippen LogP contribution in [-0.4, -0.2) is 89.7 Å². The fourth-order valence-electron chi connectivity index (χ4n) is 5.12. The van der Waals surface area contributed by atoms with Crippen molar-refractivity contribution in [1.82, 2.24) is 0 Å². The third kappa shape index (κ3) is 15.4. The van der Waals surface area contributed by atoms with Crippen LogP contribution in [0.1, 0.15) is 25.0 Å². The molecule has 0 amide bonds. The standard InChI is InChI=1S/C44H46N4O10/c1-5-41(49)55-25-27-57-43(51)35(31-45)29-33-9-13-37(14-10-33)47(7-3)21-23-53-39-17-19-40(20-18-39)54-24-22-48(8-4)38-15-11-34(12-16-38)30-36(32-46)44(52)58-28-26-56-42(50)6-2/h5-6,9-20,29-30H,1-2,7-8,21-28H2,3-4H3. The van der Waals surface area contributed by atoms with Gasteiger partial charge in [0.2, 0.25) is 0 Å². The van der Waals surface area contributed by atoms with Crippen molar-refractivity contribution < 1.29 is 47.6 Å². The van der Waals surface area contributed by atoms with Crippen LogP contribution in [0.2, 0.25) is 0 Å². The zero-order chi connectivity index (χ0) is 42.1. The molecule has 3 rings (SSSR count). The second-order valence-electron chi connectivity index (χ2n) is 11.9. The maximum absolute atomic E-state index is 12.3. The number of anilines is 2. The number of nitrogens with zero attached hydrogens (tertiary/aromatic N) is 4. The Morgan fingerprint density at radius 1 is 0.552 bits per heavy atom. The van der Waals surface area contributed by atoms with Crippen LogP contribution in [-0.2, 0) is 38.1 Å². The zero-order valence-electron chi connectivity index (χ0n) is 32.6. The van der Waals surface area contributed by atoms with Crippen LogP contribution in [0, 0.1) is 22.7 Å². The maximum Gasteiger partial charge on any atom is 0.349 e. The third-order valence-corrected chi connectivity index (χ3v) is 8.12. The lowest BCUT2D eigenvalue weighted by molar-refractivity contribution is -0.146. The highest BCUT2D eigenvalue weighted by Gasteiger charge is 2.14. The smallest absolute Gasteiger partial charge is 0.349 e. The van der Waals surface area contributed by atoms with Crippen LogP contribution in [0.15, 0.2) is 109 Å². The molecule has 0 bridgehead atoms. The molecule has 302 valence electrons. The van der Waals surface area contributed by atoms with Crippen LogP contribution in [0.5, 0.6) is 11.5 Å². The molecule has 0 aliphatic rings. The van der Waals surface area contributed by atoms with E-state index in [2.05, 4.69) is 23.0 Å². The second kappa shape index (κ2) is 25.0. The average molecular weight is 791 g/mol. The summed E-state index contributed by atoms with van der Waals surface area (Å²) in [5.41, 5.74) is 2.82. The van der Waals surface area contributed by atoms with Gasteiger partial charge < -0.3 is 38.2 Å². The summed E-state index contributed by atoms with van der Waals surface area (Å²) in [6.07, 6.45) is 4.87. The zero-order valence-corrected chi connectivity index (χ0v) is 32.6. The van der Waals surface area contributed by atoms with Crippen LogP contribution < -0.4 is 19.3 Å². The highest BCUT2D eigenvalue weighted by molar-refractivity contribution is 5.98. The highest BCUT2D eigenvalue weighted by atomic mass is 16.6. The first kappa shape index (κ1) is 45.1. The number of hydrogen-bond acceptors (Lipinski definition) is 14. The van der Waals surface area contributed by atoms with Gasteiger partial charge in [0.25, 0.3) is 0 Å². The lowest BCUT2D eigenvalue weighted by Crippen LogP contribution is -2.28. The first-order chi connectivity index (χ1) is 28.1. The van der Waals surface area contributed by atoms with E-state index in [0.717, 1.165) is 36.6 Å². The first-order valence-corrected chi connectivity index (χ1v) is 18.4. The summed E-state index contributed by atoms with van der Waals surface area (Å²) in [6, 6.07) is 25.9. The molecule has 0 N–H and O–H groups in total. The minimum Gasteiger partial charge on any atom is -0.492 e. The lowest BCUT2D eigenvalue weighted by atomic mass is 10.1. The average Bonchev–Trinajstić information content (AvgIpc) is 3.25. The van der Waals surface area contributed by atoms with Gasteiger partial charge in [0.15, 0.2) is 0 Å². The quantitative estimate of drug-likeness (QED) is 0.0347. The maximum atomic E-state index is 12.3. The monoisotopic (exact) mass is 790 g/mol. The molecule has 0 fully saturated rings. The third-order valence-electron chi connectivity index (χ3n) is 8.12. The van der Waals surface area contributed by atoms with E-state index in [1.54, 1.807) is 24.3 Å². The number of carbonyl (C=O) groups is 4. The molecule has 0 aromatic heterocycles. The van der Waals surface area contributed by atoms with Crippen molar-refractivity contribution in [1.29, 1.82) is 10.5 Å². The van der Waals surface area contributed by atoms with Crippen molar-refractivity contribution in [3.8, 4) is 23.6 Å². The second-order valence-corrected chi connectivity index (χ2v) is 11.9. The minimum absolute atomic E-state index is 0.140. The number of rotatable bonds is 24. The van der Waals surface area contributed by atoms with Crippen molar-refractivity contribution in [2.75, 3.05) is 75.6 Å². The topological polar surface area (TPSA) is 178 Å². The summed E-state index contributed by atoms with van der Waals surface area (Å²) >= 11 is 0. The number of likely N-dealkylation sites (N-methyl/N-ethyl adjacent to an activating group) is 2. The molecule has 3 aromatic carbocycles. The van der Waals surface area contributed by atoms with Crippen LogP contribution >= 0.6 is 0 Å². The van der Waals surface area contributed by atoms with Gasteiger partial charge in [-0.3, -0.25) is 0 Å². The minimum atomic E-state index is -0.813. The van der Waals surface area contributed by atoms with E-state index in [-0.39, 0.29) is 37.6 Å². The number of hydrogen-bond donors (Lipinski definition) is 0. The number of nitriles is 2. The Hall–Kier alpha value is -7.32. The van der Waals surface area contributed by atoms with Crippen molar-refractivity contribution in [3.05, 3.63) is 120 Å². The Kier molecular flexibility index (Phi) is 19.4. The number of benzene rings is 3. The van der Waals surface area contributed by atoms with Crippen molar-refractivity contribution in [2.24, 2.45) is 0 Å². The SMILES string of the molecule is C=CC(=O)OCCOC(=O)C(C#N)=Cc1ccc(N(CC)CCOc2ccc(OCCN(CC)c3ccc(C=C(C#N)C(=O)OCCOC(=O)C=C)cc3)cc2)cc1. The molecule has 0 radical (unpaired) electrons. The molecule has 58 heavy (non-hydrogen) atoms. The van der Waals surface area contributed by atoms with Gasteiger partial charge in [-0.1, -0.05) is 37.4 Å². The van der Waals surface area contributed by atoms with Gasteiger partial charge in [0, 0.05) is 36.6 Å². The van der Waals surface area contributed by atoms with Crippen LogP contribution in [0.4, 0.5) is 11.4 Å². The van der Waals surface area contributed by atoms with E-state index in [4.69, 9.17) is 28.4 Å². The predicted molar refractivity (Wildman–Crippen MR) is 217 cm³/mol. The fourth-order valence-corrected chi connectivity index (χ4v) is 5.12. The summed E-state index contributed by atoms with van der Waals surface area (Å²) in [4.78, 5) is 51.0. The summed E-state index contributed by atoms with van der Waals surface area (Å²) in [7, 11) is 0. The molecule has 3 aromatic rings. The van der Waals surface area contributed by atoms with E-state index in [9.17, 15) is 29.7 Å². The first-order valence-electron chi connectivity index (χ1n) is 18.4. The van der Waals surface area contributed by atoms with Gasteiger partial charge in [0.1, 0.15) is 74.4 Å². The molecular formula is C44H46N4O10. The normalized spacial score (nSPS) is 10.8. The Morgan fingerprint density at radius 3 is 1.21 bits per heavy atom. The van der Waals surface area contributed by atoms with E-state index < -0.39 is 23.9 Å². The molecule has 0 spiro atoms. The predicted octanol–water partition coefficient (Wildman–Crippen LogP) is 5.86. The summed E-state index contributed by atoms with van der Waals surface area (Å²) in [5.74, 6) is -1.49. The highest BCUT2D eigenvalue weighted by Crippen LogP contribution is 2.21. The Labute approximate surface area is 338 Å². The van der Waals surface area contributed by atoms with Gasteiger partial charge in [-0.15, -0.1) is 0 Å². The van der Waals surface area contributed by atoms with Gasteiger partial charge in [-0.2, -0.15) is 10.5 Å². The molecule has 0 saturated heterocycles. The Morgan fingerprint density at radius 2 is 0.897 bits per heavy atom. The fraction of sp³-hybridized carbons (Fsp3) is 0.273. The number of esters is 4. The van der Waals surface area contributed by atoms with Crippen molar-refractivity contribution in [2.45, 2.75) is 13.8 Å². The van der Waals surface area contributed by atoms with Gasteiger partial charge >= 0.3 is 23.9 Å². The van der Waals surface area contributed by atoms with E-state index in [1.165, 1.54) is 12.2 Å². The lowest BCUT2D eigenvalue weighted by Gasteiger charge is -2.23. The molecular weight excluding hydrogens is 745 g/mol. The summed E-state index contributed by atoms with van der Waals surface area (Å²) < 4.78 is 31.5. The number of carbonyl (C=O) groups excluding carboxylic acids is 4. The summed E-state index contributed by atoms with van der Waals surface area (Å²) in [5, 5.41) is 18.9. The van der Waals surface area contributed by atoms with Crippen molar-refractivity contribution in [3.63, 3.8) is 0 Å². The molecule has 0 atom stereocenters. The molecule has 0 unspecified atom stereocenters. The molecule has 0 saturated carbocycles. The van der Waals surface area contributed by atoms with E-state index >= 15 is 0 Å². The molecule has 0 heterocycles. The largest absolute Gasteiger partial charge is 0.492 e. The van der Waals surface area contributed by atoms with Gasteiger partial charge in [0.05, 0.1) is 13.1 Å². The molecule has 0 aliphatic heterocycles. The molecule has 14 nitrogen and oxygen atoms in total. The molecule has 14 heteroatoms. The van der Waals surface area contributed by atoms with Gasteiger partial charge in [-0.05, 0) is 85.7 Å². The summed E-state index contributed by atoms with van der Waals surface area (Å²) in [6.45, 7) is 13.5. The van der Waals surface area contributed by atoms with Crippen LogP contribution in [0.25, 0.3) is 12.2 Å². The van der Waals surface area contributed by atoms with Crippen molar-refractivity contribution >= 4 is 47.4 Å². The van der Waals surface area contributed by atoms with E-state index in [0.29, 0.717) is 48.9 Å². The Balaban J connectivity index is 1.43. The van der Waals surface area contributed by atoms with Crippen LogP contribution in [0.3, 0.4) is 0 Å². The Bertz CT molecular complexity index is 1850. The molecule has 0 aliphatic carbocycles. The van der Waals surface area contributed by atoms with E-state index in [1.807, 2.05) is 74.5 Å².